The minimum absolute atomic E-state index is 0.624. The van der Waals surface area contributed by atoms with Crippen LogP contribution in [-0.2, 0) is 9.05 Å². The molecule has 0 aromatic carbocycles. The van der Waals surface area contributed by atoms with Crippen molar-refractivity contribution in [2.24, 2.45) is 0 Å². The molecule has 0 aliphatic carbocycles. The van der Waals surface area contributed by atoms with Gasteiger partial charge in [0.2, 0.25) is 0 Å². The van der Waals surface area contributed by atoms with Gasteiger partial charge in [0, 0.05) is 0 Å². The van der Waals surface area contributed by atoms with Crippen molar-refractivity contribution in [2.75, 3.05) is 13.2 Å². The predicted octanol–water partition coefficient (Wildman–Crippen LogP) is 2.92. The van der Waals surface area contributed by atoms with Gasteiger partial charge in [-0.3, -0.25) is 0 Å². The molecule has 0 saturated heterocycles. The van der Waals surface area contributed by atoms with Crippen molar-refractivity contribution in [1.29, 1.82) is 0 Å². The predicted molar refractivity (Wildman–Crippen MR) is 40.6 cm³/mol. The van der Waals surface area contributed by atoms with E-state index in [1.807, 2.05) is 13.8 Å². The Morgan fingerprint density at radius 1 is 1.33 bits per heavy atom. The fraction of sp³-hybridized carbons (Fsp3) is 1.00. The highest BCUT2D eigenvalue weighted by atomic mass is 35.7. The van der Waals surface area contributed by atoms with Crippen molar-refractivity contribution in [1.82, 2.24) is 0 Å². The largest absolute Gasteiger partial charge is 0.322 e. The molecule has 0 saturated carbocycles. The minimum atomic E-state index is -1.11. The molecule has 9 heavy (non-hydrogen) atoms. The van der Waals surface area contributed by atoms with Crippen LogP contribution in [0.15, 0.2) is 0 Å². The Bertz CT molecular complexity index is 62.9. The molecular weight excluding hydrogens is 158 g/mol. The van der Waals surface area contributed by atoms with E-state index in [4.69, 9.17) is 20.3 Å². The van der Waals surface area contributed by atoms with Crippen molar-refractivity contribution < 1.29 is 9.05 Å². The molecule has 0 bridgehead atoms. The lowest BCUT2D eigenvalue weighted by molar-refractivity contribution is 0.271. The van der Waals surface area contributed by atoms with Crippen LogP contribution in [-0.4, -0.2) is 13.2 Å². The molecule has 0 aromatic heterocycles. The van der Waals surface area contributed by atoms with Gasteiger partial charge >= 0.3 is 0 Å². The van der Waals surface area contributed by atoms with Crippen LogP contribution in [0.25, 0.3) is 0 Å². The van der Waals surface area contributed by atoms with E-state index in [9.17, 15) is 0 Å². The molecule has 0 heterocycles. The van der Waals surface area contributed by atoms with Gasteiger partial charge in [0.15, 0.2) is 0 Å². The second kappa shape index (κ2) is 6.76. The van der Waals surface area contributed by atoms with Crippen LogP contribution in [0.1, 0.15) is 20.3 Å². The lowest BCUT2D eigenvalue weighted by Gasteiger charge is -2.06. The normalized spacial score (nSPS) is 13.7. The molecule has 0 rings (SSSR count). The van der Waals surface area contributed by atoms with Crippen LogP contribution in [0.3, 0.4) is 0 Å². The topological polar surface area (TPSA) is 18.5 Å². The fourth-order valence-corrected chi connectivity index (χ4v) is 1.41. The van der Waals surface area contributed by atoms with Crippen LogP contribution < -0.4 is 0 Å². The Kier molecular flexibility index (Phi) is 7.24. The molecule has 1 atom stereocenters. The molecule has 0 radical (unpaired) electrons. The second-order valence-corrected chi connectivity index (χ2v) is 3.23. The van der Waals surface area contributed by atoms with Crippen LogP contribution in [0.5, 0.6) is 0 Å². The van der Waals surface area contributed by atoms with E-state index in [-0.39, 0.29) is 0 Å². The maximum atomic E-state index is 5.58. The highest BCUT2D eigenvalue weighted by Gasteiger charge is 2.01. The second-order valence-electron chi connectivity index (χ2n) is 1.46. The first kappa shape index (κ1) is 9.64. The van der Waals surface area contributed by atoms with Gasteiger partial charge in [-0.25, -0.2) is 0 Å². The highest BCUT2D eigenvalue weighted by Crippen LogP contribution is 2.43. The number of halogens is 1. The van der Waals surface area contributed by atoms with E-state index in [1.54, 1.807) is 0 Å². The molecule has 0 aliphatic heterocycles. The Balaban J connectivity index is 2.95. The number of hydrogen-bond acceptors (Lipinski definition) is 2. The summed E-state index contributed by atoms with van der Waals surface area (Å²) in [5.74, 6) is 0. The summed E-state index contributed by atoms with van der Waals surface area (Å²) in [7, 11) is -1.11. The zero-order valence-electron chi connectivity index (χ0n) is 5.76. The van der Waals surface area contributed by atoms with Gasteiger partial charge in [-0.15, -0.1) is 0 Å². The van der Waals surface area contributed by atoms with Gasteiger partial charge in [-0.05, 0) is 24.6 Å². The molecule has 0 aliphatic rings. The van der Waals surface area contributed by atoms with Gasteiger partial charge in [-0.1, -0.05) is 6.92 Å². The smallest absolute Gasteiger partial charge is 0.276 e. The van der Waals surface area contributed by atoms with Crippen molar-refractivity contribution in [3.63, 3.8) is 0 Å². The van der Waals surface area contributed by atoms with E-state index in [0.717, 1.165) is 6.42 Å². The van der Waals surface area contributed by atoms with Gasteiger partial charge in [0.25, 0.3) is 7.73 Å². The molecule has 0 fully saturated rings. The lowest BCUT2D eigenvalue weighted by Crippen LogP contribution is -1.86. The van der Waals surface area contributed by atoms with Crippen molar-refractivity contribution >= 4 is 19.0 Å². The first-order chi connectivity index (χ1) is 4.31. The van der Waals surface area contributed by atoms with E-state index in [1.165, 1.54) is 0 Å². The van der Waals surface area contributed by atoms with Gasteiger partial charge < -0.3 is 9.05 Å². The number of rotatable bonds is 5. The third-order valence-corrected chi connectivity index (χ3v) is 2.06. The summed E-state index contributed by atoms with van der Waals surface area (Å²) in [6.45, 7) is 5.24. The van der Waals surface area contributed by atoms with Crippen LogP contribution in [0, 0.1) is 0 Å². The van der Waals surface area contributed by atoms with Gasteiger partial charge in [0.1, 0.15) is 0 Å². The molecule has 0 N–H and O–H groups in total. The average Bonchev–Trinajstić information content (AvgIpc) is 1.85. The standard InChI is InChI=1S/C5H12ClO2P/c1-3-5-8-9(6)7-4-2/h3-5H2,1-2H3/t9-/m0/s1. The lowest BCUT2D eigenvalue weighted by atomic mass is 10.5. The molecule has 0 aromatic rings. The minimum Gasteiger partial charge on any atom is -0.322 e. The molecule has 0 amide bonds. The maximum Gasteiger partial charge on any atom is 0.276 e. The molecule has 2 nitrogen and oxygen atoms in total. The summed E-state index contributed by atoms with van der Waals surface area (Å²) < 4.78 is 9.99. The first-order valence-corrected chi connectivity index (χ1v) is 5.11. The zero-order valence-corrected chi connectivity index (χ0v) is 7.41. The van der Waals surface area contributed by atoms with Crippen LogP contribution >= 0.6 is 19.0 Å². The average molecular weight is 171 g/mol. The fourth-order valence-electron chi connectivity index (χ4n) is 0.302. The molecular formula is C5H12ClO2P. The summed E-state index contributed by atoms with van der Waals surface area (Å²) in [4.78, 5) is 0. The van der Waals surface area contributed by atoms with Crippen molar-refractivity contribution in [2.45, 2.75) is 20.3 Å². The molecule has 56 valence electrons. The Morgan fingerprint density at radius 3 is 2.44 bits per heavy atom. The zero-order chi connectivity index (χ0) is 7.11. The van der Waals surface area contributed by atoms with E-state index >= 15 is 0 Å². The Morgan fingerprint density at radius 2 is 2.00 bits per heavy atom. The summed E-state index contributed by atoms with van der Waals surface area (Å²) in [5, 5.41) is 0. The summed E-state index contributed by atoms with van der Waals surface area (Å²) >= 11 is 5.58. The molecule has 0 unspecified atom stereocenters. The monoisotopic (exact) mass is 170 g/mol. The highest BCUT2D eigenvalue weighted by molar-refractivity contribution is 7.76. The Labute approximate surface area is 62.2 Å². The Hall–Kier alpha value is 0.640. The maximum absolute atomic E-state index is 5.58. The third kappa shape index (κ3) is 6.53. The van der Waals surface area contributed by atoms with Gasteiger partial charge in [0.05, 0.1) is 13.2 Å². The summed E-state index contributed by atoms with van der Waals surface area (Å²) in [6.07, 6.45) is 0.985. The van der Waals surface area contributed by atoms with E-state index in [0.29, 0.717) is 13.2 Å². The SMILES string of the molecule is CCCO[P@@](Cl)OCC. The van der Waals surface area contributed by atoms with E-state index in [2.05, 4.69) is 0 Å². The van der Waals surface area contributed by atoms with E-state index < -0.39 is 7.73 Å². The summed E-state index contributed by atoms with van der Waals surface area (Å²) in [5.41, 5.74) is 0. The quantitative estimate of drug-likeness (QED) is 0.591. The van der Waals surface area contributed by atoms with Crippen molar-refractivity contribution in [3.05, 3.63) is 0 Å². The van der Waals surface area contributed by atoms with Crippen LogP contribution in [0.4, 0.5) is 0 Å². The van der Waals surface area contributed by atoms with Crippen LogP contribution in [0.2, 0.25) is 0 Å². The molecule has 4 heteroatoms. The third-order valence-electron chi connectivity index (χ3n) is 0.628. The van der Waals surface area contributed by atoms with Crippen molar-refractivity contribution in [3.8, 4) is 0 Å². The molecule has 0 spiro atoms. The van der Waals surface area contributed by atoms with Gasteiger partial charge in [-0.2, -0.15) is 0 Å². The summed E-state index contributed by atoms with van der Waals surface area (Å²) in [6, 6.07) is 0. The first-order valence-electron chi connectivity index (χ1n) is 3.03. The number of hydrogen-bond donors (Lipinski definition) is 0.